The van der Waals surface area contributed by atoms with E-state index in [9.17, 15) is 0 Å². The molecule has 0 saturated carbocycles. The Morgan fingerprint density at radius 3 is 0.500 bits per heavy atom. The van der Waals surface area contributed by atoms with Gasteiger partial charge in [0.05, 0.1) is 0 Å². The first-order valence-electron chi connectivity index (χ1n) is 14.6. The molecule has 0 aliphatic carbocycles. The lowest BCUT2D eigenvalue weighted by Crippen LogP contribution is -1.67. The van der Waals surface area contributed by atoms with Crippen molar-refractivity contribution in [3.63, 3.8) is 0 Å². The summed E-state index contributed by atoms with van der Waals surface area (Å²) in [7, 11) is 0. The lowest BCUT2D eigenvalue weighted by Gasteiger charge is -1.92. The average molecular weight is 623 g/mol. The zero-order chi connectivity index (χ0) is 32.0. The van der Waals surface area contributed by atoms with Gasteiger partial charge in [-0.15, -0.1) is 0 Å². The topological polar surface area (TPSA) is 80.9 Å². The van der Waals surface area contributed by atoms with Gasteiger partial charge in [-0.1, -0.05) is 175 Å². The van der Waals surface area contributed by atoms with Crippen LogP contribution in [-0.2, 0) is 0 Å². The summed E-state index contributed by atoms with van der Waals surface area (Å²) in [6.07, 6.45) is 0. The average Bonchev–Trinajstić information content (AvgIpc) is 2.97. The van der Waals surface area contributed by atoms with Gasteiger partial charge in [-0.3, -0.25) is 0 Å². The molecule has 0 aliphatic rings. The molecule has 0 heterocycles. The van der Waals surface area contributed by atoms with E-state index in [0.29, 0.717) is 0 Å². The van der Waals surface area contributed by atoms with Gasteiger partial charge in [-0.2, -0.15) is 0 Å². The van der Waals surface area contributed by atoms with Gasteiger partial charge in [0.1, 0.15) is 0 Å². The third-order valence-corrected chi connectivity index (χ3v) is 3.32. The van der Waals surface area contributed by atoms with Crippen LogP contribution in [0.25, 0.3) is 21.5 Å². The zero-order valence-corrected chi connectivity index (χ0v) is 27.4. The van der Waals surface area contributed by atoms with E-state index >= 15 is 0 Å². The summed E-state index contributed by atoms with van der Waals surface area (Å²) in [4.78, 5) is 0. The maximum absolute atomic E-state index is 7.57. The molecule has 4 N–H and O–H groups in total. The van der Waals surface area contributed by atoms with Crippen LogP contribution >= 0.6 is 0 Å². The number of hydrogen-bond acceptors (Lipinski definition) is 4. The second kappa shape index (κ2) is 59.6. The Kier molecular flexibility index (Phi) is 87.0. The van der Waals surface area contributed by atoms with Gasteiger partial charge in [-0.05, 0) is 55.2 Å². The van der Waals surface area contributed by atoms with E-state index in [-0.39, 0.29) is 56.1 Å². The Bertz CT molecular complexity index is 727. The maximum Gasteiger partial charge on any atom is 0.0402 e. The SMILES string of the molecule is C.C.C.C.CC.CC.CC(C)C.CCO.CCO.CCO.CCO.c1ccc2ccccc2c1.c1ccc2ccccc2c1. The standard InChI is InChI=1S/2C10H8.C4H10.4C2H6O.2C2H6.4CH4/c2*1-2-6-10-8-4-3-7-9(10)5-1;1-4(2)3;4*1-2-3;2*1-2;;;;/h2*1-8H;4H,1-3H3;4*3H,2H2,1H3;2*1-2H3;4*1H4. The largest absolute Gasteiger partial charge is 0.397 e. The molecule has 4 aromatic rings. The van der Waals surface area contributed by atoms with Crippen molar-refractivity contribution >= 4 is 21.5 Å². The molecule has 0 aromatic heterocycles. The molecule has 4 heteroatoms. The third kappa shape index (κ3) is 51.9. The normalized spacial score (nSPS) is 7.27. The molecule has 0 radical (unpaired) electrons. The Labute approximate surface area is 276 Å². The highest BCUT2D eigenvalue weighted by atomic mass is 16.3. The van der Waals surface area contributed by atoms with E-state index in [4.69, 9.17) is 20.4 Å². The molecular weight excluding hydrogens is 544 g/mol. The van der Waals surface area contributed by atoms with Crippen LogP contribution in [0.2, 0.25) is 0 Å². The Morgan fingerprint density at radius 1 is 0.364 bits per heavy atom. The lowest BCUT2D eigenvalue weighted by molar-refractivity contribution is 0.318. The zero-order valence-electron chi connectivity index (χ0n) is 27.4. The first-order chi connectivity index (χ1) is 19.3. The Hall–Kier alpha value is -2.76. The highest BCUT2D eigenvalue weighted by molar-refractivity contribution is 5.82. The number of aliphatic hydroxyl groups is 4. The molecule has 0 unspecified atom stereocenters. The molecule has 262 valence electrons. The summed E-state index contributed by atoms with van der Waals surface area (Å²) >= 11 is 0. The second-order valence-electron chi connectivity index (χ2n) is 7.69. The van der Waals surface area contributed by atoms with Crippen molar-refractivity contribution in [3.8, 4) is 0 Å². The van der Waals surface area contributed by atoms with E-state index in [0.717, 1.165) is 5.92 Å². The number of fused-ring (bicyclic) bond motifs is 2. The van der Waals surface area contributed by atoms with Crippen LogP contribution < -0.4 is 0 Å². The molecule has 4 nitrogen and oxygen atoms in total. The van der Waals surface area contributed by atoms with Crippen LogP contribution in [0.1, 0.15) is 106 Å². The number of aliphatic hydroxyl groups excluding tert-OH is 4. The van der Waals surface area contributed by atoms with Crippen molar-refractivity contribution in [2.45, 2.75) is 106 Å². The molecule has 4 aromatic carbocycles. The van der Waals surface area contributed by atoms with Gasteiger partial charge in [0.2, 0.25) is 0 Å². The molecule has 44 heavy (non-hydrogen) atoms. The van der Waals surface area contributed by atoms with E-state index < -0.39 is 0 Å². The minimum Gasteiger partial charge on any atom is -0.397 e. The molecule has 0 bridgehead atoms. The van der Waals surface area contributed by atoms with Crippen LogP contribution in [0.5, 0.6) is 0 Å². The van der Waals surface area contributed by atoms with Gasteiger partial charge < -0.3 is 20.4 Å². The second-order valence-corrected chi connectivity index (χ2v) is 7.69. The maximum atomic E-state index is 7.57. The highest BCUT2D eigenvalue weighted by Crippen LogP contribution is 2.12. The number of benzene rings is 4. The third-order valence-electron chi connectivity index (χ3n) is 3.32. The minimum absolute atomic E-state index is 0. The van der Waals surface area contributed by atoms with Crippen LogP contribution in [0, 0.1) is 5.92 Å². The first kappa shape index (κ1) is 64.2. The monoisotopic (exact) mass is 623 g/mol. The van der Waals surface area contributed by atoms with Crippen molar-refractivity contribution in [2.75, 3.05) is 26.4 Å². The van der Waals surface area contributed by atoms with Crippen LogP contribution in [-0.4, -0.2) is 46.9 Å². The van der Waals surface area contributed by atoms with Crippen molar-refractivity contribution in [1.29, 1.82) is 0 Å². The fourth-order valence-electron chi connectivity index (χ4n) is 2.27. The Morgan fingerprint density at radius 2 is 0.432 bits per heavy atom. The van der Waals surface area contributed by atoms with Crippen LogP contribution in [0.4, 0.5) is 0 Å². The smallest absolute Gasteiger partial charge is 0.0402 e. The molecular formula is C40H78O4. The number of rotatable bonds is 0. The van der Waals surface area contributed by atoms with E-state index in [1.165, 1.54) is 21.5 Å². The summed E-state index contributed by atoms with van der Waals surface area (Å²) in [5.41, 5.74) is 0. The van der Waals surface area contributed by atoms with Gasteiger partial charge in [0.15, 0.2) is 0 Å². The quantitative estimate of drug-likeness (QED) is 0.157. The number of hydrogen-bond donors (Lipinski definition) is 4. The van der Waals surface area contributed by atoms with E-state index in [2.05, 4.69) is 118 Å². The van der Waals surface area contributed by atoms with Gasteiger partial charge in [-0.25, -0.2) is 0 Å². The van der Waals surface area contributed by atoms with Crippen molar-refractivity contribution in [2.24, 2.45) is 5.92 Å². The summed E-state index contributed by atoms with van der Waals surface area (Å²) in [5.74, 6) is 0.833. The van der Waals surface area contributed by atoms with Crippen LogP contribution in [0.3, 0.4) is 0 Å². The highest BCUT2D eigenvalue weighted by Gasteiger charge is 1.86. The van der Waals surface area contributed by atoms with Crippen molar-refractivity contribution < 1.29 is 20.4 Å². The predicted molar refractivity (Wildman–Crippen MR) is 209 cm³/mol. The summed E-state index contributed by atoms with van der Waals surface area (Å²) in [6.45, 7) is 22.2. The van der Waals surface area contributed by atoms with Gasteiger partial charge in [0.25, 0.3) is 0 Å². The molecule has 0 aliphatic heterocycles. The lowest BCUT2D eigenvalue weighted by atomic mass is 10.1. The van der Waals surface area contributed by atoms with E-state index in [1.807, 2.05) is 27.7 Å². The molecule has 0 amide bonds. The summed E-state index contributed by atoms with van der Waals surface area (Å²) in [5, 5.41) is 35.5. The molecule has 4 rings (SSSR count). The van der Waals surface area contributed by atoms with E-state index in [1.54, 1.807) is 27.7 Å². The molecule has 0 spiro atoms. The molecule has 0 atom stereocenters. The van der Waals surface area contributed by atoms with Gasteiger partial charge in [0, 0.05) is 26.4 Å². The van der Waals surface area contributed by atoms with Crippen LogP contribution in [0.15, 0.2) is 97.1 Å². The summed E-state index contributed by atoms with van der Waals surface area (Å²) < 4.78 is 0. The molecule has 0 saturated heterocycles. The fraction of sp³-hybridized carbons (Fsp3) is 0.500. The predicted octanol–water partition coefficient (Wildman–Crippen LogP) is 11.9. The minimum atomic E-state index is 0. The molecule has 0 fully saturated rings. The first-order valence-corrected chi connectivity index (χ1v) is 14.6. The Balaban J connectivity index is -0.0000000482. The summed E-state index contributed by atoms with van der Waals surface area (Å²) in [6, 6.07) is 33.4. The van der Waals surface area contributed by atoms with Gasteiger partial charge >= 0.3 is 0 Å². The van der Waals surface area contributed by atoms with Crippen molar-refractivity contribution in [1.82, 2.24) is 0 Å². The van der Waals surface area contributed by atoms with Crippen molar-refractivity contribution in [3.05, 3.63) is 97.1 Å². The fourth-order valence-corrected chi connectivity index (χ4v) is 2.27.